The number of carbonyl (C=O) groups is 1. The fourth-order valence-corrected chi connectivity index (χ4v) is 2.83. The average molecular weight is 339 g/mol. The van der Waals surface area contributed by atoms with Gasteiger partial charge in [0.05, 0.1) is 0 Å². The van der Waals surface area contributed by atoms with Crippen molar-refractivity contribution < 1.29 is 9.53 Å². The highest BCUT2D eigenvalue weighted by atomic mass is 32.2. The number of nitrogens with zero attached hydrogens (tertiary/aromatic N) is 2. The van der Waals surface area contributed by atoms with Crippen molar-refractivity contribution in [3.05, 3.63) is 67.0 Å². The summed E-state index contributed by atoms with van der Waals surface area (Å²) < 4.78 is 7.38. The largest absolute Gasteiger partial charge is 0.484 e. The molecule has 1 aromatic heterocycles. The molecule has 6 heteroatoms. The third kappa shape index (κ3) is 4.39. The summed E-state index contributed by atoms with van der Waals surface area (Å²) in [5.74, 6) is 0.484. The van der Waals surface area contributed by atoms with E-state index in [9.17, 15) is 4.79 Å². The zero-order chi connectivity index (χ0) is 16.8. The summed E-state index contributed by atoms with van der Waals surface area (Å²) in [6.07, 6.45) is 3.67. The van der Waals surface area contributed by atoms with E-state index in [1.165, 1.54) is 0 Å². The first kappa shape index (κ1) is 16.1. The lowest BCUT2D eigenvalue weighted by atomic mass is 10.3. The van der Waals surface area contributed by atoms with Crippen LogP contribution in [-0.2, 0) is 11.8 Å². The van der Waals surface area contributed by atoms with Crippen LogP contribution in [0.25, 0.3) is 0 Å². The number of aryl methyl sites for hydroxylation is 1. The molecule has 0 aliphatic carbocycles. The van der Waals surface area contributed by atoms with Crippen LogP contribution in [0.4, 0.5) is 5.69 Å². The number of benzene rings is 2. The molecule has 0 fully saturated rings. The molecule has 0 bridgehead atoms. The minimum atomic E-state index is -0.191. The summed E-state index contributed by atoms with van der Waals surface area (Å²) >= 11 is 1.57. The van der Waals surface area contributed by atoms with Crippen LogP contribution in [0.3, 0.4) is 0 Å². The number of hydrogen-bond acceptors (Lipinski definition) is 4. The van der Waals surface area contributed by atoms with Crippen molar-refractivity contribution in [3.8, 4) is 5.75 Å². The number of para-hydroxylation sites is 1. The minimum Gasteiger partial charge on any atom is -0.484 e. The molecule has 3 rings (SSSR count). The van der Waals surface area contributed by atoms with Crippen LogP contribution in [-0.4, -0.2) is 22.1 Å². The lowest BCUT2D eigenvalue weighted by molar-refractivity contribution is -0.118. The lowest BCUT2D eigenvalue weighted by Gasteiger charge is -2.08. The summed E-state index contributed by atoms with van der Waals surface area (Å²) in [6.45, 7) is -0.0201. The molecule has 0 radical (unpaired) electrons. The van der Waals surface area contributed by atoms with Gasteiger partial charge in [-0.3, -0.25) is 4.79 Å². The second-order valence-electron chi connectivity index (χ2n) is 5.10. The molecule has 122 valence electrons. The second-order valence-corrected chi connectivity index (χ2v) is 6.14. The Kier molecular flexibility index (Phi) is 5.18. The first-order valence-electron chi connectivity index (χ1n) is 7.43. The Balaban J connectivity index is 1.52. The first-order valence-corrected chi connectivity index (χ1v) is 8.25. The van der Waals surface area contributed by atoms with E-state index in [2.05, 4.69) is 10.3 Å². The number of hydrogen-bond donors (Lipinski definition) is 1. The van der Waals surface area contributed by atoms with Gasteiger partial charge < -0.3 is 14.6 Å². The van der Waals surface area contributed by atoms with Gasteiger partial charge in [-0.25, -0.2) is 4.98 Å². The number of ether oxygens (including phenoxy) is 1. The normalized spacial score (nSPS) is 10.4. The number of aromatic nitrogens is 2. The molecule has 0 unspecified atom stereocenters. The maximum Gasteiger partial charge on any atom is 0.262 e. The zero-order valence-electron chi connectivity index (χ0n) is 13.2. The molecule has 0 aliphatic heterocycles. The van der Waals surface area contributed by atoms with Crippen LogP contribution in [0, 0.1) is 0 Å². The van der Waals surface area contributed by atoms with Crippen LogP contribution in [0.1, 0.15) is 0 Å². The van der Waals surface area contributed by atoms with Crippen molar-refractivity contribution in [2.45, 2.75) is 10.1 Å². The number of amides is 1. The van der Waals surface area contributed by atoms with E-state index in [-0.39, 0.29) is 12.5 Å². The van der Waals surface area contributed by atoms with Crippen molar-refractivity contribution in [3.63, 3.8) is 0 Å². The van der Waals surface area contributed by atoms with Gasteiger partial charge in [-0.05, 0) is 36.4 Å². The van der Waals surface area contributed by atoms with Crippen molar-refractivity contribution in [1.82, 2.24) is 9.55 Å². The Hall–Kier alpha value is -2.73. The lowest BCUT2D eigenvalue weighted by Crippen LogP contribution is -2.20. The van der Waals surface area contributed by atoms with Gasteiger partial charge in [0.2, 0.25) is 0 Å². The van der Waals surface area contributed by atoms with E-state index >= 15 is 0 Å². The maximum absolute atomic E-state index is 11.9. The monoisotopic (exact) mass is 339 g/mol. The fraction of sp³-hybridized carbons (Fsp3) is 0.111. The summed E-state index contributed by atoms with van der Waals surface area (Å²) in [4.78, 5) is 17.2. The average Bonchev–Trinajstić information content (AvgIpc) is 3.01. The van der Waals surface area contributed by atoms with E-state index < -0.39 is 0 Å². The number of carbonyl (C=O) groups excluding carboxylic acids is 1. The number of imidazole rings is 1. The van der Waals surface area contributed by atoms with Gasteiger partial charge >= 0.3 is 0 Å². The van der Waals surface area contributed by atoms with E-state index in [1.54, 1.807) is 18.0 Å². The quantitative estimate of drug-likeness (QED) is 0.746. The van der Waals surface area contributed by atoms with E-state index in [1.807, 2.05) is 72.4 Å². The molecule has 0 saturated heterocycles. The molecular weight excluding hydrogens is 322 g/mol. The Labute approximate surface area is 144 Å². The molecule has 0 spiro atoms. The van der Waals surface area contributed by atoms with Crippen LogP contribution in [0.15, 0.2) is 77.0 Å². The molecule has 2 aromatic carbocycles. The smallest absolute Gasteiger partial charge is 0.262 e. The zero-order valence-corrected chi connectivity index (χ0v) is 14.0. The Morgan fingerprint density at radius 2 is 1.92 bits per heavy atom. The van der Waals surface area contributed by atoms with Crippen molar-refractivity contribution >= 4 is 23.4 Å². The predicted octanol–water partition coefficient (Wildman–Crippen LogP) is 3.59. The fourth-order valence-electron chi connectivity index (χ4n) is 2.02. The van der Waals surface area contributed by atoms with Crippen molar-refractivity contribution in [2.24, 2.45) is 7.05 Å². The summed E-state index contributed by atoms with van der Waals surface area (Å²) in [6, 6.07) is 16.9. The predicted molar refractivity (Wildman–Crippen MR) is 94.3 cm³/mol. The van der Waals surface area contributed by atoms with Crippen LogP contribution >= 0.6 is 11.8 Å². The SMILES string of the molecule is Cn1ccnc1Sc1ccc(NC(=O)COc2ccccc2)cc1. The highest BCUT2D eigenvalue weighted by Crippen LogP contribution is 2.26. The minimum absolute atomic E-state index is 0.0201. The second kappa shape index (κ2) is 7.70. The molecule has 0 atom stereocenters. The van der Waals surface area contributed by atoms with Gasteiger partial charge in [-0.2, -0.15) is 0 Å². The van der Waals surface area contributed by atoms with Gasteiger partial charge in [0.25, 0.3) is 5.91 Å². The summed E-state index contributed by atoms with van der Waals surface area (Å²) in [7, 11) is 1.96. The molecule has 24 heavy (non-hydrogen) atoms. The molecule has 3 aromatic rings. The van der Waals surface area contributed by atoms with Gasteiger partial charge in [0.1, 0.15) is 5.75 Å². The first-order chi connectivity index (χ1) is 11.7. The van der Waals surface area contributed by atoms with E-state index in [4.69, 9.17) is 4.74 Å². The van der Waals surface area contributed by atoms with Gasteiger partial charge in [0.15, 0.2) is 11.8 Å². The van der Waals surface area contributed by atoms with Crippen molar-refractivity contribution in [1.29, 1.82) is 0 Å². The standard InChI is InChI=1S/C18H17N3O2S/c1-21-12-11-19-18(21)24-16-9-7-14(8-10-16)20-17(22)13-23-15-5-3-2-4-6-15/h2-12H,13H2,1H3,(H,20,22). The number of anilines is 1. The molecule has 0 aliphatic rings. The third-order valence-corrected chi connectivity index (χ3v) is 4.32. The van der Waals surface area contributed by atoms with Gasteiger partial charge in [-0.15, -0.1) is 0 Å². The van der Waals surface area contributed by atoms with Crippen LogP contribution in [0.5, 0.6) is 5.75 Å². The van der Waals surface area contributed by atoms with Gasteiger partial charge in [-0.1, -0.05) is 30.0 Å². The Morgan fingerprint density at radius 3 is 2.58 bits per heavy atom. The Morgan fingerprint density at radius 1 is 1.17 bits per heavy atom. The highest BCUT2D eigenvalue weighted by molar-refractivity contribution is 7.99. The summed E-state index contributed by atoms with van der Waals surface area (Å²) in [5.41, 5.74) is 0.737. The molecule has 0 saturated carbocycles. The van der Waals surface area contributed by atoms with Gasteiger partial charge in [0, 0.05) is 30.0 Å². The number of rotatable bonds is 6. The topological polar surface area (TPSA) is 56.2 Å². The molecule has 5 nitrogen and oxygen atoms in total. The molecular formula is C18H17N3O2S. The van der Waals surface area contributed by atoms with Crippen molar-refractivity contribution in [2.75, 3.05) is 11.9 Å². The highest BCUT2D eigenvalue weighted by Gasteiger charge is 2.05. The Bertz CT molecular complexity index is 801. The third-order valence-electron chi connectivity index (χ3n) is 3.24. The van der Waals surface area contributed by atoms with E-state index in [0.29, 0.717) is 5.75 Å². The molecule has 1 heterocycles. The molecule has 1 amide bonds. The van der Waals surface area contributed by atoms with Crippen LogP contribution < -0.4 is 10.1 Å². The van der Waals surface area contributed by atoms with Crippen LogP contribution in [0.2, 0.25) is 0 Å². The number of nitrogens with one attached hydrogen (secondary N) is 1. The maximum atomic E-state index is 11.9. The molecule has 1 N–H and O–H groups in total. The summed E-state index contributed by atoms with van der Waals surface area (Å²) in [5, 5.41) is 3.74. The van der Waals surface area contributed by atoms with E-state index in [0.717, 1.165) is 15.7 Å².